The summed E-state index contributed by atoms with van der Waals surface area (Å²) < 4.78 is 10.9. The summed E-state index contributed by atoms with van der Waals surface area (Å²) in [7, 11) is 0. The second kappa shape index (κ2) is 10.8. The van der Waals surface area contributed by atoms with E-state index in [1.165, 1.54) is 31.2 Å². The molecular formula is C20H28N2O2. The summed E-state index contributed by atoms with van der Waals surface area (Å²) >= 11 is 0. The lowest BCUT2D eigenvalue weighted by Crippen LogP contribution is -2.06. The molecule has 0 aliphatic heterocycles. The first-order valence-corrected chi connectivity index (χ1v) is 8.95. The monoisotopic (exact) mass is 328 g/mol. The van der Waals surface area contributed by atoms with Crippen molar-refractivity contribution in [3.8, 4) is 17.1 Å². The van der Waals surface area contributed by atoms with E-state index < -0.39 is 0 Å². The van der Waals surface area contributed by atoms with Crippen molar-refractivity contribution in [3.05, 3.63) is 42.2 Å². The van der Waals surface area contributed by atoms with Gasteiger partial charge in [0.1, 0.15) is 12.4 Å². The zero-order valence-electron chi connectivity index (χ0n) is 14.8. The Morgan fingerprint density at radius 1 is 0.875 bits per heavy atom. The molecule has 0 aliphatic carbocycles. The molecular weight excluding hydrogens is 300 g/mol. The van der Waals surface area contributed by atoms with E-state index >= 15 is 0 Å². The van der Waals surface area contributed by atoms with Gasteiger partial charge >= 0.3 is 0 Å². The van der Waals surface area contributed by atoms with Crippen molar-refractivity contribution >= 4 is 0 Å². The Labute approximate surface area is 145 Å². The van der Waals surface area contributed by atoms with Crippen molar-refractivity contribution in [1.29, 1.82) is 0 Å². The van der Waals surface area contributed by atoms with Gasteiger partial charge in [-0.05, 0) is 49.6 Å². The molecule has 2 rings (SSSR count). The van der Waals surface area contributed by atoms with Gasteiger partial charge in [0.25, 0.3) is 0 Å². The van der Waals surface area contributed by atoms with Crippen LogP contribution in [-0.2, 0) is 11.2 Å². The van der Waals surface area contributed by atoms with Gasteiger partial charge in [-0.25, -0.2) is 9.97 Å². The molecule has 0 saturated carbocycles. The topological polar surface area (TPSA) is 44.2 Å². The standard InChI is InChI=1S/C20H28N2O2/c1-3-5-6-7-8-17-15-21-20(22-16-17)18-9-11-19(12-10-18)24-14-13-23-4-2/h9-12,15-16H,3-8,13-14H2,1-2H3. The molecule has 24 heavy (non-hydrogen) atoms. The van der Waals surface area contributed by atoms with Crippen molar-refractivity contribution in [2.45, 2.75) is 46.0 Å². The van der Waals surface area contributed by atoms with Gasteiger partial charge in [-0.3, -0.25) is 0 Å². The molecule has 0 amide bonds. The maximum atomic E-state index is 5.62. The van der Waals surface area contributed by atoms with Crippen LogP contribution in [0.15, 0.2) is 36.7 Å². The highest BCUT2D eigenvalue weighted by Gasteiger charge is 2.03. The van der Waals surface area contributed by atoms with E-state index in [0.29, 0.717) is 19.8 Å². The van der Waals surface area contributed by atoms with Crippen LogP contribution < -0.4 is 4.74 Å². The van der Waals surface area contributed by atoms with Gasteiger partial charge in [0.2, 0.25) is 0 Å². The van der Waals surface area contributed by atoms with Crippen molar-refractivity contribution < 1.29 is 9.47 Å². The fourth-order valence-corrected chi connectivity index (χ4v) is 2.45. The van der Waals surface area contributed by atoms with E-state index in [2.05, 4.69) is 16.9 Å². The maximum Gasteiger partial charge on any atom is 0.159 e. The molecule has 1 heterocycles. The summed E-state index contributed by atoms with van der Waals surface area (Å²) in [4.78, 5) is 8.98. The fraction of sp³-hybridized carbons (Fsp3) is 0.500. The average molecular weight is 328 g/mol. The highest BCUT2D eigenvalue weighted by molar-refractivity contribution is 5.55. The molecule has 0 aliphatic rings. The number of rotatable bonds is 11. The number of ether oxygens (including phenoxy) is 2. The number of benzene rings is 1. The Kier molecular flexibility index (Phi) is 8.25. The second-order valence-corrected chi connectivity index (χ2v) is 5.80. The highest BCUT2D eigenvalue weighted by Crippen LogP contribution is 2.19. The van der Waals surface area contributed by atoms with Crippen LogP contribution in [0, 0.1) is 0 Å². The number of hydrogen-bond acceptors (Lipinski definition) is 4. The number of hydrogen-bond donors (Lipinski definition) is 0. The molecule has 0 atom stereocenters. The molecule has 0 spiro atoms. The van der Waals surface area contributed by atoms with Gasteiger partial charge in [0.05, 0.1) is 6.61 Å². The van der Waals surface area contributed by atoms with Crippen molar-refractivity contribution in [2.24, 2.45) is 0 Å². The predicted molar refractivity (Wildman–Crippen MR) is 97.3 cm³/mol. The van der Waals surface area contributed by atoms with Crippen molar-refractivity contribution in [3.63, 3.8) is 0 Å². The van der Waals surface area contributed by atoms with Gasteiger partial charge in [-0.1, -0.05) is 26.2 Å². The van der Waals surface area contributed by atoms with E-state index in [1.807, 2.05) is 43.6 Å². The van der Waals surface area contributed by atoms with Crippen LogP contribution in [0.5, 0.6) is 5.75 Å². The second-order valence-electron chi connectivity index (χ2n) is 5.80. The first-order chi connectivity index (χ1) is 11.8. The SMILES string of the molecule is CCCCCCc1cnc(-c2ccc(OCCOCC)cc2)nc1. The quantitative estimate of drug-likeness (QED) is 0.562. The lowest BCUT2D eigenvalue weighted by atomic mass is 10.1. The third-order valence-electron chi connectivity index (χ3n) is 3.84. The Morgan fingerprint density at radius 3 is 2.29 bits per heavy atom. The van der Waals surface area contributed by atoms with Crippen LogP contribution in [0.3, 0.4) is 0 Å². The smallest absolute Gasteiger partial charge is 0.159 e. The first kappa shape index (κ1) is 18.4. The number of aryl methyl sites for hydroxylation is 1. The van der Waals surface area contributed by atoms with E-state index in [0.717, 1.165) is 23.6 Å². The molecule has 1 aromatic heterocycles. The maximum absolute atomic E-state index is 5.62. The molecule has 130 valence electrons. The fourth-order valence-electron chi connectivity index (χ4n) is 2.45. The van der Waals surface area contributed by atoms with Crippen LogP contribution in [0.4, 0.5) is 0 Å². The number of nitrogens with zero attached hydrogens (tertiary/aromatic N) is 2. The zero-order valence-corrected chi connectivity index (χ0v) is 14.8. The molecule has 0 fully saturated rings. The number of unbranched alkanes of at least 4 members (excludes halogenated alkanes) is 3. The van der Waals surface area contributed by atoms with E-state index in [-0.39, 0.29) is 0 Å². The summed E-state index contributed by atoms with van der Waals surface area (Å²) in [6.07, 6.45) is 10.0. The Morgan fingerprint density at radius 2 is 1.62 bits per heavy atom. The third kappa shape index (κ3) is 6.28. The average Bonchev–Trinajstić information content (AvgIpc) is 2.64. The van der Waals surface area contributed by atoms with Gasteiger partial charge in [-0.15, -0.1) is 0 Å². The molecule has 4 heteroatoms. The van der Waals surface area contributed by atoms with Crippen LogP contribution in [0.1, 0.15) is 45.1 Å². The van der Waals surface area contributed by atoms with Crippen molar-refractivity contribution in [2.75, 3.05) is 19.8 Å². The van der Waals surface area contributed by atoms with Gasteiger partial charge in [-0.2, -0.15) is 0 Å². The molecule has 0 bridgehead atoms. The molecule has 4 nitrogen and oxygen atoms in total. The predicted octanol–water partition coefficient (Wildman–Crippen LogP) is 4.68. The van der Waals surface area contributed by atoms with Crippen LogP contribution in [-0.4, -0.2) is 29.8 Å². The molecule has 0 radical (unpaired) electrons. The Bertz CT molecular complexity index is 514. The summed E-state index contributed by atoms with van der Waals surface area (Å²) in [5.41, 5.74) is 2.22. The van der Waals surface area contributed by atoms with Gasteiger partial charge in [0.15, 0.2) is 5.82 Å². The molecule has 0 N–H and O–H groups in total. The van der Waals surface area contributed by atoms with E-state index in [1.54, 1.807) is 0 Å². The van der Waals surface area contributed by atoms with Crippen LogP contribution in [0.2, 0.25) is 0 Å². The van der Waals surface area contributed by atoms with Crippen LogP contribution in [0.25, 0.3) is 11.4 Å². The Balaban J connectivity index is 1.84. The lowest BCUT2D eigenvalue weighted by Gasteiger charge is -2.07. The summed E-state index contributed by atoms with van der Waals surface area (Å²) in [6.45, 7) is 6.10. The number of aromatic nitrogens is 2. The minimum atomic E-state index is 0.566. The molecule has 0 unspecified atom stereocenters. The van der Waals surface area contributed by atoms with Gasteiger partial charge in [0, 0.05) is 24.6 Å². The molecule has 0 saturated heterocycles. The zero-order chi connectivity index (χ0) is 17.0. The van der Waals surface area contributed by atoms with Crippen LogP contribution >= 0.6 is 0 Å². The molecule has 2 aromatic rings. The highest BCUT2D eigenvalue weighted by atomic mass is 16.5. The largest absolute Gasteiger partial charge is 0.491 e. The summed E-state index contributed by atoms with van der Waals surface area (Å²) in [6, 6.07) is 7.88. The van der Waals surface area contributed by atoms with E-state index in [9.17, 15) is 0 Å². The minimum absolute atomic E-state index is 0.566. The third-order valence-corrected chi connectivity index (χ3v) is 3.84. The normalized spacial score (nSPS) is 10.8. The summed E-state index contributed by atoms with van der Waals surface area (Å²) in [5, 5.41) is 0. The lowest BCUT2D eigenvalue weighted by molar-refractivity contribution is 0.110. The first-order valence-electron chi connectivity index (χ1n) is 8.95. The van der Waals surface area contributed by atoms with Crippen molar-refractivity contribution in [1.82, 2.24) is 9.97 Å². The Hall–Kier alpha value is -1.94. The minimum Gasteiger partial charge on any atom is -0.491 e. The summed E-state index contributed by atoms with van der Waals surface area (Å²) in [5.74, 6) is 1.60. The van der Waals surface area contributed by atoms with Gasteiger partial charge < -0.3 is 9.47 Å². The van der Waals surface area contributed by atoms with E-state index in [4.69, 9.17) is 9.47 Å². The molecule has 1 aromatic carbocycles.